The molecule has 2 aromatic carbocycles. The molecule has 162 valence electrons. The fourth-order valence-corrected chi connectivity index (χ4v) is 4.62. The molecule has 3 N–H and O–H groups in total. The van der Waals surface area contributed by atoms with Crippen molar-refractivity contribution < 1.29 is 9.59 Å². The van der Waals surface area contributed by atoms with Gasteiger partial charge in [-0.25, -0.2) is 0 Å². The Morgan fingerprint density at radius 2 is 1.68 bits per heavy atom. The number of fused-ring (bicyclic) bond motifs is 1. The highest BCUT2D eigenvalue weighted by atomic mass is 16.2. The summed E-state index contributed by atoms with van der Waals surface area (Å²) in [7, 11) is 1.62. The van der Waals surface area contributed by atoms with E-state index in [1.807, 2.05) is 48.5 Å². The average Bonchev–Trinajstić information content (AvgIpc) is 3.12. The Morgan fingerprint density at radius 1 is 0.968 bits per heavy atom. The summed E-state index contributed by atoms with van der Waals surface area (Å²) in [6, 6.07) is 15.5. The first-order valence-corrected chi connectivity index (χ1v) is 11.2. The smallest absolute Gasteiger partial charge is 0.267 e. The van der Waals surface area contributed by atoms with Gasteiger partial charge in [0.1, 0.15) is 5.69 Å². The van der Waals surface area contributed by atoms with E-state index >= 15 is 0 Å². The Labute approximate surface area is 183 Å². The Kier molecular flexibility index (Phi) is 6.12. The number of rotatable bonds is 5. The van der Waals surface area contributed by atoms with Crippen LogP contribution in [0.1, 0.15) is 66.3 Å². The topological polar surface area (TPSA) is 74.0 Å². The zero-order valence-electron chi connectivity index (χ0n) is 18.4. The fourth-order valence-electron chi connectivity index (χ4n) is 4.62. The van der Waals surface area contributed by atoms with Crippen LogP contribution in [0, 0.1) is 5.41 Å². The lowest BCUT2D eigenvalue weighted by molar-refractivity contribution is 0.0926. The predicted molar refractivity (Wildman–Crippen MR) is 125 cm³/mol. The molecule has 5 nitrogen and oxygen atoms in total. The van der Waals surface area contributed by atoms with E-state index in [0.29, 0.717) is 11.3 Å². The van der Waals surface area contributed by atoms with Gasteiger partial charge in [0.25, 0.3) is 11.8 Å². The maximum absolute atomic E-state index is 12.7. The van der Waals surface area contributed by atoms with Gasteiger partial charge in [0.05, 0.1) is 0 Å². The molecule has 0 spiro atoms. The number of benzene rings is 2. The first-order chi connectivity index (χ1) is 15.0. The van der Waals surface area contributed by atoms with Gasteiger partial charge in [-0.15, -0.1) is 0 Å². The van der Waals surface area contributed by atoms with Crippen LogP contribution in [0.3, 0.4) is 0 Å². The van der Waals surface area contributed by atoms with Crippen molar-refractivity contribution in [3.8, 4) is 11.1 Å². The number of carbonyl (C=O) groups excluding carboxylic acids is 2. The number of aromatic nitrogens is 1. The average molecular weight is 418 g/mol. The van der Waals surface area contributed by atoms with Gasteiger partial charge in [0.2, 0.25) is 0 Å². The third kappa shape index (κ3) is 4.66. The van der Waals surface area contributed by atoms with Crippen molar-refractivity contribution in [3.63, 3.8) is 0 Å². The van der Waals surface area contributed by atoms with Gasteiger partial charge in [-0.1, -0.05) is 56.9 Å². The van der Waals surface area contributed by atoms with Crippen molar-refractivity contribution >= 4 is 22.7 Å². The van der Waals surface area contributed by atoms with Crippen LogP contribution >= 0.6 is 0 Å². The van der Waals surface area contributed by atoms with Crippen LogP contribution in [0.2, 0.25) is 0 Å². The molecule has 1 aromatic heterocycles. The molecule has 1 saturated carbocycles. The molecule has 1 fully saturated rings. The third-order valence-corrected chi connectivity index (χ3v) is 6.58. The lowest BCUT2D eigenvalue weighted by Gasteiger charge is -2.28. The van der Waals surface area contributed by atoms with E-state index in [1.54, 1.807) is 7.05 Å². The van der Waals surface area contributed by atoms with Gasteiger partial charge in [0.15, 0.2) is 0 Å². The highest BCUT2D eigenvalue weighted by molar-refractivity contribution is 6.03. The summed E-state index contributed by atoms with van der Waals surface area (Å²) in [5.41, 5.74) is 4.37. The molecular weight excluding hydrogens is 386 g/mol. The van der Waals surface area contributed by atoms with Gasteiger partial charge in [-0.3, -0.25) is 9.59 Å². The van der Waals surface area contributed by atoms with E-state index < -0.39 is 0 Å². The molecule has 0 aliphatic heterocycles. The number of nitrogens with one attached hydrogen (secondary N) is 3. The molecule has 31 heavy (non-hydrogen) atoms. The van der Waals surface area contributed by atoms with Gasteiger partial charge in [0, 0.05) is 30.1 Å². The second-order valence-corrected chi connectivity index (χ2v) is 9.01. The molecule has 1 heterocycles. The Morgan fingerprint density at radius 3 is 2.35 bits per heavy atom. The zero-order chi connectivity index (χ0) is 21.8. The van der Waals surface area contributed by atoms with Crippen molar-refractivity contribution in [1.82, 2.24) is 15.6 Å². The van der Waals surface area contributed by atoms with Crippen LogP contribution in [0.25, 0.3) is 22.0 Å². The summed E-state index contributed by atoms with van der Waals surface area (Å²) in [5, 5.41) is 6.79. The van der Waals surface area contributed by atoms with Crippen LogP contribution in [0.4, 0.5) is 0 Å². The Hall–Kier alpha value is -3.08. The van der Waals surface area contributed by atoms with Crippen LogP contribution in [-0.4, -0.2) is 30.4 Å². The number of hydrogen-bond acceptors (Lipinski definition) is 2. The highest BCUT2D eigenvalue weighted by Gasteiger charge is 2.26. The summed E-state index contributed by atoms with van der Waals surface area (Å²) in [6.45, 7) is 3.03. The van der Waals surface area contributed by atoms with Crippen molar-refractivity contribution in [2.75, 3.05) is 13.6 Å². The molecule has 0 atom stereocenters. The zero-order valence-corrected chi connectivity index (χ0v) is 18.4. The summed E-state index contributed by atoms with van der Waals surface area (Å²) in [5.74, 6) is -0.157. The van der Waals surface area contributed by atoms with Gasteiger partial charge >= 0.3 is 0 Å². The maximum atomic E-state index is 12.7. The van der Waals surface area contributed by atoms with Crippen LogP contribution in [0.15, 0.2) is 48.5 Å². The maximum Gasteiger partial charge on any atom is 0.267 e. The normalized spacial score (nSPS) is 15.9. The number of H-pyrrole nitrogens is 1. The second kappa shape index (κ2) is 8.96. The van der Waals surface area contributed by atoms with E-state index in [0.717, 1.165) is 28.6 Å². The summed E-state index contributed by atoms with van der Waals surface area (Å²) < 4.78 is 0. The largest absolute Gasteiger partial charge is 0.354 e. The van der Waals surface area contributed by atoms with Crippen molar-refractivity contribution in [3.05, 3.63) is 59.8 Å². The van der Waals surface area contributed by atoms with E-state index in [9.17, 15) is 9.59 Å². The molecule has 0 radical (unpaired) electrons. The fraction of sp³-hybridized carbons (Fsp3) is 0.385. The Bertz CT molecular complexity index is 1070. The molecule has 1 aliphatic carbocycles. The number of carbonyl (C=O) groups is 2. The van der Waals surface area contributed by atoms with E-state index in [1.165, 1.54) is 38.5 Å². The number of amides is 2. The minimum Gasteiger partial charge on any atom is -0.354 e. The summed E-state index contributed by atoms with van der Waals surface area (Å²) in [6.07, 6.45) is 7.50. The molecule has 0 bridgehead atoms. The monoisotopic (exact) mass is 417 g/mol. The van der Waals surface area contributed by atoms with Gasteiger partial charge in [-0.2, -0.15) is 0 Å². The molecule has 4 rings (SSSR count). The molecule has 2 amide bonds. The van der Waals surface area contributed by atoms with E-state index in [4.69, 9.17) is 0 Å². The third-order valence-electron chi connectivity index (χ3n) is 6.58. The Balaban J connectivity index is 1.50. The minimum absolute atomic E-state index is 0.0150. The van der Waals surface area contributed by atoms with Crippen molar-refractivity contribution in [2.24, 2.45) is 5.41 Å². The first kappa shape index (κ1) is 21.2. The van der Waals surface area contributed by atoms with Crippen LogP contribution in [0.5, 0.6) is 0 Å². The minimum atomic E-state index is -0.142. The van der Waals surface area contributed by atoms with Gasteiger partial charge in [-0.05, 0) is 53.6 Å². The van der Waals surface area contributed by atoms with E-state index in [-0.39, 0.29) is 17.2 Å². The lowest BCUT2D eigenvalue weighted by Crippen LogP contribution is -2.35. The van der Waals surface area contributed by atoms with Crippen molar-refractivity contribution in [2.45, 2.75) is 45.4 Å². The molecular formula is C26H31N3O2. The van der Waals surface area contributed by atoms with Crippen LogP contribution < -0.4 is 10.6 Å². The molecule has 3 aromatic rings. The number of aromatic amines is 1. The SMILES string of the molecule is CNC(=O)c1cc2c(-c3ccc(C(=O)NCC4(C)CCCCCC4)cc3)cccc2[nH]1. The summed E-state index contributed by atoms with van der Waals surface area (Å²) >= 11 is 0. The highest BCUT2D eigenvalue weighted by Crippen LogP contribution is 2.34. The molecule has 1 aliphatic rings. The lowest BCUT2D eigenvalue weighted by atomic mass is 9.82. The summed E-state index contributed by atoms with van der Waals surface area (Å²) in [4.78, 5) is 27.9. The van der Waals surface area contributed by atoms with Crippen molar-refractivity contribution in [1.29, 1.82) is 0 Å². The standard InChI is InChI=1S/C26H31N3O2/c1-26(14-5-3-4-6-15-26)17-28-24(30)19-12-10-18(11-13-19)20-8-7-9-22-21(20)16-23(29-22)25(31)27-2/h7-13,16,29H,3-6,14-15,17H2,1-2H3,(H,27,31)(H,28,30). The van der Waals surface area contributed by atoms with E-state index in [2.05, 4.69) is 22.5 Å². The predicted octanol–water partition coefficient (Wildman–Crippen LogP) is 5.28. The van der Waals surface area contributed by atoms with Gasteiger partial charge < -0.3 is 15.6 Å². The second-order valence-electron chi connectivity index (χ2n) is 9.01. The quantitative estimate of drug-likeness (QED) is 0.494. The molecule has 0 saturated heterocycles. The molecule has 0 unspecified atom stereocenters. The number of hydrogen-bond donors (Lipinski definition) is 3. The molecule has 5 heteroatoms. The first-order valence-electron chi connectivity index (χ1n) is 11.2. The van der Waals surface area contributed by atoms with Crippen LogP contribution in [-0.2, 0) is 0 Å².